The topological polar surface area (TPSA) is 117 Å². The number of hydrogen-bond donors (Lipinski definition) is 2. The summed E-state index contributed by atoms with van der Waals surface area (Å²) in [6.45, 7) is 6.80. The molecule has 2 N–H and O–H groups in total. The molecule has 228 valence electrons. The van der Waals surface area contributed by atoms with Gasteiger partial charge < -0.3 is 25.2 Å². The van der Waals surface area contributed by atoms with E-state index in [1.54, 1.807) is 43.1 Å². The number of likely N-dealkylation sites (N-methyl/N-ethyl adjacent to an activating group) is 1. The number of hydrogen-bond acceptors (Lipinski definition) is 7. The minimum atomic E-state index is -4.79. The van der Waals surface area contributed by atoms with E-state index in [1.165, 1.54) is 11.8 Å². The van der Waals surface area contributed by atoms with Gasteiger partial charge >= 0.3 is 6.18 Å². The number of allylic oxidation sites excluding steroid dienone is 1. The molecule has 1 aromatic heterocycles. The van der Waals surface area contributed by atoms with E-state index in [-0.39, 0.29) is 47.0 Å². The third-order valence-corrected chi connectivity index (χ3v) is 8.06. The second kappa shape index (κ2) is 11.7. The molecule has 1 unspecified atom stereocenters. The van der Waals surface area contributed by atoms with Crippen molar-refractivity contribution in [1.29, 1.82) is 0 Å². The predicted molar refractivity (Wildman–Crippen MR) is 151 cm³/mol. The molecule has 1 aromatic carbocycles. The molecule has 43 heavy (non-hydrogen) atoms. The van der Waals surface area contributed by atoms with E-state index >= 15 is 0 Å². The van der Waals surface area contributed by atoms with E-state index in [0.29, 0.717) is 61.9 Å². The number of alkyl halides is 3. The fourth-order valence-corrected chi connectivity index (χ4v) is 5.50. The summed E-state index contributed by atoms with van der Waals surface area (Å²) in [4.78, 5) is 48.3. The van der Waals surface area contributed by atoms with Crippen LogP contribution in [0.3, 0.4) is 0 Å². The third kappa shape index (κ3) is 6.35. The maximum absolute atomic E-state index is 13.9. The molecule has 3 amide bonds. The highest BCUT2D eigenvalue weighted by Crippen LogP contribution is 2.40. The highest BCUT2D eigenvalue weighted by Gasteiger charge is 2.40. The summed E-state index contributed by atoms with van der Waals surface area (Å²) in [6, 6.07) is 4.84. The Morgan fingerprint density at radius 2 is 1.88 bits per heavy atom. The molecule has 2 aliphatic heterocycles. The number of likely N-dealkylation sites (tertiary alicyclic amines) is 1. The van der Waals surface area contributed by atoms with E-state index in [1.807, 2.05) is 6.92 Å². The average Bonchev–Trinajstić information content (AvgIpc) is 3.26. The van der Waals surface area contributed by atoms with Crippen LogP contribution in [0.4, 0.5) is 24.8 Å². The van der Waals surface area contributed by atoms with Crippen LogP contribution in [-0.2, 0) is 15.8 Å². The number of ether oxygens (including phenoxy) is 1. The summed E-state index contributed by atoms with van der Waals surface area (Å²) in [5.41, 5.74) is 1.48. The van der Waals surface area contributed by atoms with Gasteiger partial charge in [-0.1, -0.05) is 6.92 Å². The molecule has 1 aliphatic carbocycles. The predicted octanol–water partition coefficient (Wildman–Crippen LogP) is 4.36. The number of benzene rings is 1. The van der Waals surface area contributed by atoms with Crippen LogP contribution in [0, 0.1) is 12.8 Å². The zero-order valence-corrected chi connectivity index (χ0v) is 24.3. The van der Waals surface area contributed by atoms with Crippen LogP contribution in [0.15, 0.2) is 47.4 Å². The van der Waals surface area contributed by atoms with Crippen LogP contribution < -0.4 is 15.4 Å². The van der Waals surface area contributed by atoms with Gasteiger partial charge in [0.05, 0.1) is 5.57 Å². The van der Waals surface area contributed by atoms with Gasteiger partial charge in [0.1, 0.15) is 11.3 Å². The smallest absolute Gasteiger partial charge is 0.423 e. The Bertz CT molecular complexity index is 1530. The van der Waals surface area contributed by atoms with Crippen LogP contribution in [-0.4, -0.2) is 70.2 Å². The van der Waals surface area contributed by atoms with Crippen molar-refractivity contribution in [2.75, 3.05) is 32.0 Å². The number of nitrogens with zero attached hydrogens (tertiary/aromatic N) is 4. The Hall–Kier alpha value is -4.42. The zero-order valence-electron chi connectivity index (χ0n) is 24.3. The molecule has 0 radical (unpaired) electrons. The largest absolute Gasteiger partial charge is 0.438 e. The lowest BCUT2D eigenvalue weighted by Crippen LogP contribution is -2.46. The Morgan fingerprint density at radius 1 is 1.16 bits per heavy atom. The van der Waals surface area contributed by atoms with Gasteiger partial charge in [0, 0.05) is 57.1 Å². The molecule has 10 nitrogen and oxygen atoms in total. The van der Waals surface area contributed by atoms with Crippen molar-refractivity contribution in [3.63, 3.8) is 0 Å². The molecule has 3 heterocycles. The van der Waals surface area contributed by atoms with E-state index in [9.17, 15) is 27.6 Å². The van der Waals surface area contributed by atoms with Crippen molar-refractivity contribution >= 4 is 29.4 Å². The maximum Gasteiger partial charge on any atom is 0.423 e. The van der Waals surface area contributed by atoms with E-state index in [0.717, 1.165) is 5.57 Å². The molecule has 5 rings (SSSR count). The van der Waals surface area contributed by atoms with Crippen molar-refractivity contribution < 1.29 is 32.3 Å². The number of halogens is 3. The fraction of sp³-hybridized carbons (Fsp3) is 0.433. The fourth-order valence-electron chi connectivity index (χ4n) is 5.50. The zero-order chi connectivity index (χ0) is 31.1. The second-order valence-electron chi connectivity index (χ2n) is 11.2. The van der Waals surface area contributed by atoms with Crippen molar-refractivity contribution in [2.45, 2.75) is 52.3 Å². The number of anilines is 2. The number of carbonyl (C=O) groups excluding carboxylic acids is 3. The van der Waals surface area contributed by atoms with Crippen molar-refractivity contribution in [3.05, 3.63) is 64.1 Å². The summed E-state index contributed by atoms with van der Waals surface area (Å²) < 4.78 is 47.4. The molecule has 1 fully saturated rings. The molecule has 3 aliphatic rings. The Morgan fingerprint density at radius 3 is 2.53 bits per heavy atom. The van der Waals surface area contributed by atoms with Crippen LogP contribution in [0.25, 0.3) is 0 Å². The monoisotopic (exact) mass is 598 g/mol. The van der Waals surface area contributed by atoms with Crippen LogP contribution >= 0.6 is 0 Å². The first kappa shape index (κ1) is 30.1. The maximum atomic E-state index is 13.9. The highest BCUT2D eigenvalue weighted by molar-refractivity contribution is 6.01. The summed E-state index contributed by atoms with van der Waals surface area (Å²) in [6.07, 6.45) is -0.682. The van der Waals surface area contributed by atoms with Gasteiger partial charge in [-0.2, -0.15) is 18.2 Å². The molecular formula is C30H33F3N6O4. The van der Waals surface area contributed by atoms with Gasteiger partial charge in [0.2, 0.25) is 17.7 Å². The van der Waals surface area contributed by atoms with Crippen molar-refractivity contribution in [1.82, 2.24) is 25.1 Å². The molecule has 1 atom stereocenters. The number of piperidine rings is 1. The SMILES string of the molecule is CC(=O)N1CCC(NC(=O)c2ccc(Nc3ncc(C(F)(F)F)c(OC4=CCC(C)C5=C4C(=O)N(C)C5)n3)c(C)c2)CC1. The minimum absolute atomic E-state index is 0.0168. The van der Waals surface area contributed by atoms with Gasteiger partial charge in [0.25, 0.3) is 11.8 Å². The summed E-state index contributed by atoms with van der Waals surface area (Å²) in [7, 11) is 1.63. The Kier molecular flexibility index (Phi) is 8.17. The summed E-state index contributed by atoms with van der Waals surface area (Å²) in [5.74, 6) is -1.30. The number of nitrogens with one attached hydrogen (secondary N) is 2. The normalized spacial score (nSPS) is 19.3. The highest BCUT2D eigenvalue weighted by atomic mass is 19.4. The quantitative estimate of drug-likeness (QED) is 0.508. The summed E-state index contributed by atoms with van der Waals surface area (Å²) >= 11 is 0. The van der Waals surface area contributed by atoms with E-state index < -0.39 is 17.6 Å². The number of aryl methyl sites for hydroxylation is 1. The van der Waals surface area contributed by atoms with Crippen molar-refractivity contribution in [2.24, 2.45) is 5.92 Å². The molecule has 0 saturated carbocycles. The molecule has 0 bridgehead atoms. The molecule has 0 spiro atoms. The Labute approximate surface area is 247 Å². The number of carbonyl (C=O) groups is 3. The van der Waals surface area contributed by atoms with Gasteiger partial charge in [0.15, 0.2) is 0 Å². The minimum Gasteiger partial charge on any atom is -0.438 e. The standard InChI is InChI=1S/C30H33F3N6O4/c1-16-5-8-24(25-21(16)15-38(4)28(25)42)43-27-22(30(31,32)33)14-34-29(37-27)36-23-7-6-19(13-17(23)2)26(41)35-20-9-11-39(12-10-20)18(3)40/h6-8,13-14,16,20H,5,9-12,15H2,1-4H3,(H,35,41)(H,34,36,37). The first-order valence-electron chi connectivity index (χ1n) is 14.1. The Balaban J connectivity index is 1.33. The number of rotatable bonds is 6. The lowest BCUT2D eigenvalue weighted by Gasteiger charge is -2.31. The lowest BCUT2D eigenvalue weighted by atomic mass is 9.89. The molecular weight excluding hydrogens is 565 g/mol. The first-order chi connectivity index (χ1) is 20.3. The van der Waals surface area contributed by atoms with Gasteiger partial charge in [-0.3, -0.25) is 14.4 Å². The number of aromatic nitrogens is 2. The van der Waals surface area contributed by atoms with Crippen LogP contribution in [0.1, 0.15) is 54.6 Å². The van der Waals surface area contributed by atoms with Gasteiger partial charge in [-0.15, -0.1) is 0 Å². The first-order valence-corrected chi connectivity index (χ1v) is 14.1. The molecule has 13 heteroatoms. The van der Waals surface area contributed by atoms with Crippen LogP contribution in [0.5, 0.6) is 5.88 Å². The van der Waals surface area contributed by atoms with Crippen LogP contribution in [0.2, 0.25) is 0 Å². The molecule has 2 aromatic rings. The molecule has 1 saturated heterocycles. The van der Waals surface area contributed by atoms with Crippen molar-refractivity contribution in [3.8, 4) is 5.88 Å². The van der Waals surface area contributed by atoms with Gasteiger partial charge in [-0.25, -0.2) is 4.98 Å². The average molecular weight is 599 g/mol. The third-order valence-electron chi connectivity index (χ3n) is 8.06. The lowest BCUT2D eigenvalue weighted by molar-refractivity contribution is -0.139. The van der Waals surface area contributed by atoms with E-state index in [4.69, 9.17) is 4.74 Å². The number of amides is 3. The second-order valence-corrected chi connectivity index (χ2v) is 11.2. The van der Waals surface area contributed by atoms with Gasteiger partial charge in [-0.05, 0) is 67.5 Å². The summed E-state index contributed by atoms with van der Waals surface area (Å²) in [5, 5.41) is 5.92. The van der Waals surface area contributed by atoms with E-state index in [2.05, 4.69) is 20.6 Å².